The van der Waals surface area contributed by atoms with Gasteiger partial charge in [-0.05, 0) is 31.0 Å². The monoisotopic (exact) mass is 391 g/mol. The van der Waals surface area contributed by atoms with Crippen molar-refractivity contribution in [2.45, 2.75) is 26.8 Å². The van der Waals surface area contributed by atoms with E-state index in [-0.39, 0.29) is 5.75 Å². The minimum Gasteiger partial charge on any atom is -0.507 e. The SMILES string of the molecule is Cc1cc(-c2ccc(-c3cnc(N4CCNC(C(C)C)C4)nn3)c(O)c2)ncn1. The van der Waals surface area contributed by atoms with Crippen molar-refractivity contribution in [2.75, 3.05) is 24.5 Å². The summed E-state index contributed by atoms with van der Waals surface area (Å²) in [7, 11) is 0. The molecule has 2 N–H and O–H groups in total. The molecule has 8 heteroatoms. The van der Waals surface area contributed by atoms with E-state index in [2.05, 4.69) is 49.2 Å². The molecule has 1 unspecified atom stereocenters. The number of aromatic nitrogens is 5. The molecule has 1 aliphatic rings. The van der Waals surface area contributed by atoms with Crippen LogP contribution < -0.4 is 10.2 Å². The van der Waals surface area contributed by atoms with E-state index < -0.39 is 0 Å². The Morgan fingerprint density at radius 1 is 1.10 bits per heavy atom. The molecule has 1 atom stereocenters. The summed E-state index contributed by atoms with van der Waals surface area (Å²) in [5, 5.41) is 22.7. The smallest absolute Gasteiger partial charge is 0.245 e. The third kappa shape index (κ3) is 4.17. The first-order valence-electron chi connectivity index (χ1n) is 9.81. The van der Waals surface area contributed by atoms with Gasteiger partial charge < -0.3 is 15.3 Å². The normalized spacial score (nSPS) is 17.0. The van der Waals surface area contributed by atoms with Crippen LogP contribution in [0.1, 0.15) is 19.5 Å². The fraction of sp³-hybridized carbons (Fsp3) is 0.381. The molecule has 1 saturated heterocycles. The molecule has 1 aliphatic heterocycles. The lowest BCUT2D eigenvalue weighted by molar-refractivity contribution is 0.365. The first-order chi connectivity index (χ1) is 14.0. The Balaban J connectivity index is 1.55. The molecule has 0 saturated carbocycles. The number of hydrogen-bond donors (Lipinski definition) is 2. The molecule has 0 aliphatic carbocycles. The number of aromatic hydroxyl groups is 1. The molecule has 8 nitrogen and oxygen atoms in total. The summed E-state index contributed by atoms with van der Waals surface area (Å²) in [6.07, 6.45) is 3.18. The number of anilines is 1. The van der Waals surface area contributed by atoms with Crippen molar-refractivity contribution in [3.8, 4) is 28.3 Å². The Labute approximate surface area is 170 Å². The van der Waals surface area contributed by atoms with Crippen molar-refractivity contribution in [3.05, 3.63) is 42.5 Å². The molecular formula is C21H25N7O. The first kappa shape index (κ1) is 19.2. The van der Waals surface area contributed by atoms with Gasteiger partial charge in [-0.15, -0.1) is 10.2 Å². The van der Waals surface area contributed by atoms with Gasteiger partial charge in [0.25, 0.3) is 0 Å². The predicted molar refractivity (Wildman–Crippen MR) is 112 cm³/mol. The van der Waals surface area contributed by atoms with Crippen LogP contribution in [0.15, 0.2) is 36.8 Å². The Hall–Kier alpha value is -3.13. The highest BCUT2D eigenvalue weighted by Gasteiger charge is 2.23. The fourth-order valence-electron chi connectivity index (χ4n) is 3.46. The van der Waals surface area contributed by atoms with Crippen molar-refractivity contribution in [1.29, 1.82) is 0 Å². The summed E-state index contributed by atoms with van der Waals surface area (Å²) < 4.78 is 0. The van der Waals surface area contributed by atoms with Gasteiger partial charge in [-0.25, -0.2) is 15.0 Å². The Bertz CT molecular complexity index is 991. The molecule has 1 aromatic carbocycles. The largest absolute Gasteiger partial charge is 0.507 e. The summed E-state index contributed by atoms with van der Waals surface area (Å²) in [5.41, 5.74) is 3.57. The second-order valence-electron chi connectivity index (χ2n) is 7.67. The highest BCUT2D eigenvalue weighted by molar-refractivity contribution is 5.72. The van der Waals surface area contributed by atoms with E-state index in [1.54, 1.807) is 12.3 Å². The quantitative estimate of drug-likeness (QED) is 0.700. The molecule has 4 rings (SSSR count). The van der Waals surface area contributed by atoms with Crippen LogP contribution in [0.5, 0.6) is 5.75 Å². The van der Waals surface area contributed by atoms with Crippen LogP contribution >= 0.6 is 0 Å². The van der Waals surface area contributed by atoms with Crippen molar-refractivity contribution < 1.29 is 5.11 Å². The van der Waals surface area contributed by atoms with Gasteiger partial charge in [0, 0.05) is 42.5 Å². The molecule has 0 bridgehead atoms. The number of phenols is 1. The first-order valence-corrected chi connectivity index (χ1v) is 9.81. The standard InChI is InChI=1S/C21H25N7O/c1-13(2)19-11-28(7-6-22-19)21-23-10-18(26-27-21)16-5-4-15(9-20(16)29)17-8-14(3)24-12-25-17/h4-5,8-10,12-13,19,22,29H,6-7,11H2,1-3H3. The number of rotatable bonds is 4. The van der Waals surface area contributed by atoms with Gasteiger partial charge in [0.2, 0.25) is 5.95 Å². The maximum Gasteiger partial charge on any atom is 0.245 e. The lowest BCUT2D eigenvalue weighted by Gasteiger charge is -2.35. The second-order valence-corrected chi connectivity index (χ2v) is 7.67. The number of nitrogens with one attached hydrogen (secondary N) is 1. The van der Waals surface area contributed by atoms with Crippen molar-refractivity contribution in [1.82, 2.24) is 30.5 Å². The molecule has 0 radical (unpaired) electrons. The highest BCUT2D eigenvalue weighted by atomic mass is 16.3. The fourth-order valence-corrected chi connectivity index (χ4v) is 3.46. The average Bonchev–Trinajstić information content (AvgIpc) is 2.74. The predicted octanol–water partition coefficient (Wildman–Crippen LogP) is 2.44. The molecule has 150 valence electrons. The molecular weight excluding hydrogens is 366 g/mol. The third-order valence-corrected chi connectivity index (χ3v) is 5.22. The van der Waals surface area contributed by atoms with Crippen molar-refractivity contribution >= 4 is 5.95 Å². The van der Waals surface area contributed by atoms with Gasteiger partial charge in [-0.2, -0.15) is 0 Å². The molecule has 29 heavy (non-hydrogen) atoms. The maximum absolute atomic E-state index is 10.5. The van der Waals surface area contributed by atoms with Gasteiger partial charge in [0.1, 0.15) is 17.8 Å². The van der Waals surface area contributed by atoms with Crippen LogP contribution in [-0.2, 0) is 0 Å². The summed E-state index contributed by atoms with van der Waals surface area (Å²) in [5.74, 6) is 1.28. The number of aryl methyl sites for hydroxylation is 1. The van der Waals surface area contributed by atoms with Crippen LogP contribution in [0.3, 0.4) is 0 Å². The zero-order valence-electron chi connectivity index (χ0n) is 16.9. The molecule has 2 aromatic heterocycles. The summed E-state index contributed by atoms with van der Waals surface area (Å²) in [6.45, 7) is 8.93. The van der Waals surface area contributed by atoms with E-state index in [4.69, 9.17) is 0 Å². The average molecular weight is 391 g/mol. The Morgan fingerprint density at radius 3 is 2.66 bits per heavy atom. The Morgan fingerprint density at radius 2 is 1.97 bits per heavy atom. The van der Waals surface area contributed by atoms with Crippen molar-refractivity contribution in [2.24, 2.45) is 5.92 Å². The van der Waals surface area contributed by atoms with E-state index in [0.29, 0.717) is 29.2 Å². The number of hydrogen-bond acceptors (Lipinski definition) is 8. The van der Waals surface area contributed by atoms with Crippen LogP contribution in [0, 0.1) is 12.8 Å². The van der Waals surface area contributed by atoms with Gasteiger partial charge in [-0.3, -0.25) is 0 Å². The summed E-state index contributed by atoms with van der Waals surface area (Å²) >= 11 is 0. The number of nitrogens with zero attached hydrogens (tertiary/aromatic N) is 6. The lowest BCUT2D eigenvalue weighted by Crippen LogP contribution is -2.53. The van der Waals surface area contributed by atoms with E-state index in [9.17, 15) is 5.11 Å². The van der Waals surface area contributed by atoms with E-state index >= 15 is 0 Å². The van der Waals surface area contributed by atoms with Gasteiger partial charge in [0.05, 0.1) is 11.9 Å². The maximum atomic E-state index is 10.5. The second kappa shape index (κ2) is 8.08. The highest BCUT2D eigenvalue weighted by Crippen LogP contribution is 2.31. The van der Waals surface area contributed by atoms with Crippen molar-refractivity contribution in [3.63, 3.8) is 0 Å². The number of piperazine rings is 1. The topological polar surface area (TPSA) is 100.0 Å². The molecule has 3 aromatic rings. The van der Waals surface area contributed by atoms with Crippen LogP contribution in [0.25, 0.3) is 22.5 Å². The number of phenolic OH excluding ortho intramolecular Hbond substituents is 1. The van der Waals surface area contributed by atoms with Gasteiger partial charge >= 0.3 is 0 Å². The lowest BCUT2D eigenvalue weighted by atomic mass is 10.0. The van der Waals surface area contributed by atoms with Gasteiger partial charge in [0.15, 0.2) is 0 Å². The van der Waals surface area contributed by atoms with E-state index in [0.717, 1.165) is 36.6 Å². The Kier molecular flexibility index (Phi) is 5.35. The summed E-state index contributed by atoms with van der Waals surface area (Å²) in [6, 6.07) is 7.68. The van der Waals surface area contributed by atoms with Gasteiger partial charge in [-0.1, -0.05) is 19.9 Å². The van der Waals surface area contributed by atoms with Crippen LogP contribution in [0.2, 0.25) is 0 Å². The van der Waals surface area contributed by atoms with E-state index in [1.807, 2.05) is 25.1 Å². The zero-order valence-corrected chi connectivity index (χ0v) is 16.9. The minimum atomic E-state index is 0.115. The summed E-state index contributed by atoms with van der Waals surface area (Å²) in [4.78, 5) is 15.0. The number of benzene rings is 1. The molecule has 0 amide bonds. The van der Waals surface area contributed by atoms with E-state index in [1.165, 1.54) is 6.33 Å². The minimum absolute atomic E-state index is 0.115. The molecule has 3 heterocycles. The van der Waals surface area contributed by atoms with Crippen LogP contribution in [-0.4, -0.2) is 55.9 Å². The zero-order chi connectivity index (χ0) is 20.4. The third-order valence-electron chi connectivity index (χ3n) is 5.22. The molecule has 1 fully saturated rings. The van der Waals surface area contributed by atoms with Crippen LogP contribution in [0.4, 0.5) is 5.95 Å². The molecule has 0 spiro atoms.